The van der Waals surface area contributed by atoms with Gasteiger partial charge < -0.3 is 18.8 Å². The molecular weight excluding hydrogens is 442 g/mol. The zero-order chi connectivity index (χ0) is 23.1. The molecule has 0 fully saturated rings. The van der Waals surface area contributed by atoms with Crippen LogP contribution in [0.3, 0.4) is 0 Å². The van der Waals surface area contributed by atoms with Crippen LogP contribution in [0.25, 0.3) is 11.0 Å². The van der Waals surface area contributed by atoms with Crippen LogP contribution < -0.4 is 14.9 Å². The van der Waals surface area contributed by atoms with Crippen LogP contribution in [0.15, 0.2) is 75.9 Å². The third-order valence-corrected chi connectivity index (χ3v) is 6.26. The van der Waals surface area contributed by atoms with Crippen molar-refractivity contribution in [3.63, 3.8) is 0 Å². The molecule has 166 valence electrons. The first-order valence-electron chi connectivity index (χ1n) is 10.4. The van der Waals surface area contributed by atoms with Crippen LogP contribution >= 0.6 is 11.6 Å². The number of methoxy groups -OCH3 is 2. The van der Waals surface area contributed by atoms with Gasteiger partial charge in [-0.1, -0.05) is 48.0 Å². The van der Waals surface area contributed by atoms with Crippen LogP contribution in [0.5, 0.6) is 11.5 Å². The number of rotatable bonds is 5. The van der Waals surface area contributed by atoms with Crippen LogP contribution in [0.4, 0.5) is 0 Å². The number of carbonyl (C=O) groups excluding carboxylic acids is 1. The third-order valence-electron chi connectivity index (χ3n) is 5.90. The number of hydrogen-bond acceptors (Lipinski definition) is 5. The quantitative estimate of drug-likeness (QED) is 0.408. The lowest BCUT2D eigenvalue weighted by Crippen LogP contribution is -2.29. The molecule has 7 heteroatoms. The molecule has 5 rings (SSSR count). The number of nitrogens with zero attached hydrogens (tertiary/aromatic N) is 1. The van der Waals surface area contributed by atoms with Gasteiger partial charge in [-0.2, -0.15) is 0 Å². The SMILES string of the molecule is COc1ccc([C@@H]2c3c(oc4ccccc4c3=O)C(=O)N2Cc2ccccc2Cl)cc1OC. The third kappa shape index (κ3) is 3.43. The second-order valence-corrected chi connectivity index (χ2v) is 8.12. The average molecular weight is 462 g/mol. The van der Waals surface area contributed by atoms with E-state index in [1.165, 1.54) is 0 Å². The van der Waals surface area contributed by atoms with Crippen LogP contribution in [0.2, 0.25) is 5.02 Å². The Morgan fingerprint density at radius 3 is 2.42 bits per heavy atom. The van der Waals surface area contributed by atoms with E-state index in [0.29, 0.717) is 38.6 Å². The summed E-state index contributed by atoms with van der Waals surface area (Å²) < 4.78 is 16.8. The molecule has 4 aromatic rings. The standard InChI is InChI=1S/C26H20ClNO5/c1-31-20-12-11-15(13-21(20)32-2)23-22-24(29)17-8-4-6-10-19(17)33-25(22)26(30)28(23)14-16-7-3-5-9-18(16)27/h3-13,23H,14H2,1-2H3/t23-/m1/s1. The fraction of sp³-hybridized carbons (Fsp3) is 0.154. The molecule has 0 bridgehead atoms. The number of para-hydroxylation sites is 1. The van der Waals surface area contributed by atoms with Crippen LogP contribution in [-0.4, -0.2) is 25.0 Å². The Hall–Kier alpha value is -3.77. The molecule has 1 amide bonds. The molecule has 0 saturated heterocycles. The molecule has 6 nitrogen and oxygen atoms in total. The highest BCUT2D eigenvalue weighted by Crippen LogP contribution is 2.42. The van der Waals surface area contributed by atoms with E-state index in [1.807, 2.05) is 24.3 Å². The molecule has 0 saturated carbocycles. The highest BCUT2D eigenvalue weighted by Gasteiger charge is 2.43. The zero-order valence-corrected chi connectivity index (χ0v) is 18.8. The Morgan fingerprint density at radius 1 is 0.939 bits per heavy atom. The lowest BCUT2D eigenvalue weighted by molar-refractivity contribution is 0.0714. The minimum Gasteiger partial charge on any atom is -0.493 e. The van der Waals surface area contributed by atoms with Crippen molar-refractivity contribution in [2.45, 2.75) is 12.6 Å². The Kier molecular flexibility index (Phi) is 5.30. The van der Waals surface area contributed by atoms with E-state index in [2.05, 4.69) is 0 Å². The molecule has 0 N–H and O–H groups in total. The van der Waals surface area contributed by atoms with Crippen LogP contribution in [0.1, 0.15) is 33.3 Å². The van der Waals surface area contributed by atoms with Gasteiger partial charge in [-0.05, 0) is 41.5 Å². The zero-order valence-electron chi connectivity index (χ0n) is 18.0. The maximum atomic E-state index is 13.6. The van der Waals surface area contributed by atoms with E-state index in [-0.39, 0.29) is 23.6 Å². The summed E-state index contributed by atoms with van der Waals surface area (Å²) in [5, 5.41) is 0.964. The number of ether oxygens (including phenoxy) is 2. The van der Waals surface area contributed by atoms with Gasteiger partial charge in [0.25, 0.3) is 5.91 Å². The summed E-state index contributed by atoms with van der Waals surface area (Å²) in [6.07, 6.45) is 0. The van der Waals surface area contributed by atoms with Crippen molar-refractivity contribution in [1.29, 1.82) is 0 Å². The number of amides is 1. The Bertz CT molecular complexity index is 1440. The van der Waals surface area contributed by atoms with Gasteiger partial charge in [0.15, 0.2) is 16.9 Å². The van der Waals surface area contributed by atoms with E-state index in [1.54, 1.807) is 61.6 Å². The number of halogens is 1. The molecule has 1 aliphatic rings. The number of carbonyl (C=O) groups is 1. The van der Waals surface area contributed by atoms with Crippen LogP contribution in [0, 0.1) is 0 Å². The second-order valence-electron chi connectivity index (χ2n) is 7.71. The second kappa shape index (κ2) is 8.30. The summed E-state index contributed by atoms with van der Waals surface area (Å²) in [4.78, 5) is 28.7. The lowest BCUT2D eigenvalue weighted by atomic mass is 9.97. The fourth-order valence-electron chi connectivity index (χ4n) is 4.31. The Labute approximate surface area is 194 Å². The van der Waals surface area contributed by atoms with Gasteiger partial charge >= 0.3 is 0 Å². The minimum atomic E-state index is -0.676. The Balaban J connectivity index is 1.74. The summed E-state index contributed by atoms with van der Waals surface area (Å²) in [6.45, 7) is 0.206. The smallest absolute Gasteiger partial charge is 0.291 e. The highest BCUT2D eigenvalue weighted by molar-refractivity contribution is 6.31. The highest BCUT2D eigenvalue weighted by atomic mass is 35.5. The van der Waals surface area contributed by atoms with Crippen molar-refractivity contribution < 1.29 is 18.7 Å². The summed E-state index contributed by atoms with van der Waals surface area (Å²) in [5.41, 5.74) is 1.91. The van der Waals surface area contributed by atoms with Gasteiger partial charge in [0.1, 0.15) is 5.58 Å². The first-order valence-corrected chi connectivity index (χ1v) is 10.7. The largest absolute Gasteiger partial charge is 0.493 e. The molecule has 3 aromatic carbocycles. The van der Waals surface area contributed by atoms with Gasteiger partial charge in [-0.15, -0.1) is 0 Å². The minimum absolute atomic E-state index is 0.0468. The molecular formula is C26H20ClNO5. The molecule has 0 aliphatic carbocycles. The summed E-state index contributed by atoms with van der Waals surface area (Å²) in [6, 6.07) is 18.9. The molecule has 1 aliphatic heterocycles. The van der Waals surface area contributed by atoms with Gasteiger partial charge in [0, 0.05) is 11.6 Å². The molecule has 0 unspecified atom stereocenters. The van der Waals surface area contributed by atoms with E-state index < -0.39 is 6.04 Å². The normalized spacial score (nSPS) is 15.1. The molecule has 33 heavy (non-hydrogen) atoms. The monoisotopic (exact) mass is 461 g/mol. The number of hydrogen-bond donors (Lipinski definition) is 0. The van der Waals surface area contributed by atoms with Crippen molar-refractivity contribution >= 4 is 28.5 Å². The predicted molar refractivity (Wildman–Crippen MR) is 125 cm³/mol. The van der Waals surface area contributed by atoms with Crippen LogP contribution in [-0.2, 0) is 6.54 Å². The fourth-order valence-corrected chi connectivity index (χ4v) is 4.51. The van der Waals surface area contributed by atoms with E-state index >= 15 is 0 Å². The average Bonchev–Trinajstić information content (AvgIpc) is 3.12. The maximum Gasteiger partial charge on any atom is 0.291 e. The lowest BCUT2D eigenvalue weighted by Gasteiger charge is -2.26. The number of fused-ring (bicyclic) bond motifs is 2. The summed E-state index contributed by atoms with van der Waals surface area (Å²) in [5.74, 6) is 0.728. The number of benzene rings is 3. The maximum absolute atomic E-state index is 13.6. The molecule has 0 radical (unpaired) electrons. The van der Waals surface area contributed by atoms with E-state index in [0.717, 1.165) is 5.56 Å². The molecule has 2 heterocycles. The first-order chi connectivity index (χ1) is 16.0. The first kappa shape index (κ1) is 21.1. The Morgan fingerprint density at radius 2 is 1.67 bits per heavy atom. The van der Waals surface area contributed by atoms with Gasteiger partial charge in [0.2, 0.25) is 5.76 Å². The van der Waals surface area contributed by atoms with E-state index in [4.69, 9.17) is 25.5 Å². The van der Waals surface area contributed by atoms with E-state index in [9.17, 15) is 9.59 Å². The topological polar surface area (TPSA) is 69.0 Å². The summed E-state index contributed by atoms with van der Waals surface area (Å²) in [7, 11) is 3.09. The summed E-state index contributed by atoms with van der Waals surface area (Å²) >= 11 is 6.40. The molecule has 1 aromatic heterocycles. The van der Waals surface area contributed by atoms with Crippen molar-refractivity contribution in [3.05, 3.63) is 104 Å². The van der Waals surface area contributed by atoms with Gasteiger partial charge in [0.05, 0.1) is 31.2 Å². The molecule has 1 atom stereocenters. The van der Waals surface area contributed by atoms with Crippen molar-refractivity contribution in [2.75, 3.05) is 14.2 Å². The van der Waals surface area contributed by atoms with Crippen molar-refractivity contribution in [3.8, 4) is 11.5 Å². The van der Waals surface area contributed by atoms with Gasteiger partial charge in [-0.3, -0.25) is 9.59 Å². The van der Waals surface area contributed by atoms with Crippen molar-refractivity contribution in [2.24, 2.45) is 0 Å². The van der Waals surface area contributed by atoms with Gasteiger partial charge in [-0.25, -0.2) is 0 Å². The predicted octanol–water partition coefficient (Wildman–Crippen LogP) is 5.21. The van der Waals surface area contributed by atoms with Crippen molar-refractivity contribution in [1.82, 2.24) is 4.90 Å². The molecule has 0 spiro atoms.